The Kier molecular flexibility index (Phi) is 5.66. The molecule has 0 aromatic carbocycles. The molecule has 0 heterocycles. The lowest BCUT2D eigenvalue weighted by Gasteiger charge is -2.19. The summed E-state index contributed by atoms with van der Waals surface area (Å²) in [4.78, 5) is 22.6. The van der Waals surface area contributed by atoms with E-state index in [1.54, 1.807) is 6.92 Å². The highest BCUT2D eigenvalue weighted by molar-refractivity contribution is 7.99. The van der Waals surface area contributed by atoms with Crippen LogP contribution in [0, 0.1) is 0 Å². The maximum Gasteiger partial charge on any atom is 0.396 e. The third-order valence-corrected chi connectivity index (χ3v) is 3.94. The number of ether oxygens (including phenoxy) is 1. The summed E-state index contributed by atoms with van der Waals surface area (Å²) in [5.74, 6) is -0.332. The van der Waals surface area contributed by atoms with Crippen molar-refractivity contribution in [3.63, 3.8) is 0 Å². The average Bonchev–Trinajstić information content (AvgIpc) is 2.67. The molecule has 2 unspecified atom stereocenters. The van der Waals surface area contributed by atoms with Crippen molar-refractivity contribution in [3.8, 4) is 0 Å². The van der Waals surface area contributed by atoms with E-state index in [1.807, 2.05) is 11.8 Å². The van der Waals surface area contributed by atoms with Crippen molar-refractivity contribution in [2.45, 2.75) is 44.4 Å². The van der Waals surface area contributed by atoms with Gasteiger partial charge in [0.15, 0.2) is 0 Å². The van der Waals surface area contributed by atoms with Crippen LogP contribution in [-0.4, -0.2) is 35.5 Å². The standard InChI is InChI=1S/C11H19NO3S/c1-3-15-11(14)10(13)12-8-6-5-7-9(8)16-4-2/h8-9H,3-7H2,1-2H3,(H,12,13). The van der Waals surface area contributed by atoms with Gasteiger partial charge in [-0.1, -0.05) is 13.3 Å². The van der Waals surface area contributed by atoms with Crippen LogP contribution in [0.4, 0.5) is 0 Å². The first-order valence-corrected chi connectivity index (χ1v) is 6.83. The Balaban J connectivity index is 2.40. The fraction of sp³-hybridized carbons (Fsp3) is 0.818. The van der Waals surface area contributed by atoms with Crippen LogP contribution in [0.5, 0.6) is 0 Å². The van der Waals surface area contributed by atoms with Crippen molar-refractivity contribution < 1.29 is 14.3 Å². The first kappa shape index (κ1) is 13.4. The average molecular weight is 245 g/mol. The molecule has 92 valence electrons. The van der Waals surface area contributed by atoms with Gasteiger partial charge in [0.25, 0.3) is 0 Å². The molecule has 0 spiro atoms. The SMILES string of the molecule is CCOC(=O)C(=O)NC1CCCC1SCC. The summed E-state index contributed by atoms with van der Waals surface area (Å²) < 4.78 is 4.65. The van der Waals surface area contributed by atoms with Gasteiger partial charge in [-0.05, 0) is 25.5 Å². The van der Waals surface area contributed by atoms with Crippen molar-refractivity contribution in [1.82, 2.24) is 5.32 Å². The zero-order valence-electron chi connectivity index (χ0n) is 9.82. The zero-order valence-corrected chi connectivity index (χ0v) is 10.6. The topological polar surface area (TPSA) is 55.4 Å². The van der Waals surface area contributed by atoms with Gasteiger partial charge in [-0.15, -0.1) is 0 Å². The third kappa shape index (κ3) is 3.70. The van der Waals surface area contributed by atoms with Crippen molar-refractivity contribution >= 4 is 23.6 Å². The molecule has 1 amide bonds. The van der Waals surface area contributed by atoms with Crippen LogP contribution in [-0.2, 0) is 14.3 Å². The number of rotatable bonds is 4. The lowest BCUT2D eigenvalue weighted by Crippen LogP contribution is -2.43. The second-order valence-corrected chi connectivity index (χ2v) is 5.24. The summed E-state index contributed by atoms with van der Waals surface area (Å²) in [5, 5.41) is 3.21. The molecule has 0 aromatic heterocycles. The Morgan fingerprint density at radius 1 is 1.38 bits per heavy atom. The zero-order chi connectivity index (χ0) is 12.0. The van der Waals surface area contributed by atoms with Gasteiger partial charge >= 0.3 is 11.9 Å². The van der Waals surface area contributed by atoms with Crippen LogP contribution in [0.3, 0.4) is 0 Å². The lowest BCUT2D eigenvalue weighted by molar-refractivity contribution is -0.154. The highest BCUT2D eigenvalue weighted by Crippen LogP contribution is 2.29. The monoisotopic (exact) mass is 245 g/mol. The van der Waals surface area contributed by atoms with Gasteiger partial charge in [0.1, 0.15) is 0 Å². The summed E-state index contributed by atoms with van der Waals surface area (Å²) in [6.45, 7) is 4.04. The molecule has 1 rings (SSSR count). The number of thioether (sulfide) groups is 1. The Morgan fingerprint density at radius 3 is 2.75 bits per heavy atom. The van der Waals surface area contributed by atoms with Gasteiger partial charge < -0.3 is 10.1 Å². The smallest absolute Gasteiger partial charge is 0.396 e. The number of nitrogens with one attached hydrogen (secondary N) is 1. The van der Waals surface area contributed by atoms with Crippen LogP contribution >= 0.6 is 11.8 Å². The van der Waals surface area contributed by atoms with E-state index in [0.717, 1.165) is 25.0 Å². The first-order chi connectivity index (χ1) is 7.69. The minimum Gasteiger partial charge on any atom is -0.459 e. The Morgan fingerprint density at radius 2 is 2.12 bits per heavy atom. The Labute approximate surface area is 100 Å². The van der Waals surface area contributed by atoms with Gasteiger partial charge in [-0.2, -0.15) is 11.8 Å². The van der Waals surface area contributed by atoms with Gasteiger partial charge in [-0.3, -0.25) is 4.79 Å². The van der Waals surface area contributed by atoms with Gasteiger partial charge in [-0.25, -0.2) is 4.79 Å². The van der Waals surface area contributed by atoms with Crippen LogP contribution in [0.1, 0.15) is 33.1 Å². The predicted molar refractivity (Wildman–Crippen MR) is 64.3 cm³/mol. The molecule has 1 N–H and O–H groups in total. The van der Waals surface area contributed by atoms with E-state index in [-0.39, 0.29) is 12.6 Å². The van der Waals surface area contributed by atoms with Crippen molar-refractivity contribution in [2.75, 3.05) is 12.4 Å². The minimum absolute atomic E-state index is 0.127. The van der Waals surface area contributed by atoms with E-state index in [4.69, 9.17) is 0 Å². The molecule has 1 aliphatic carbocycles. The van der Waals surface area contributed by atoms with Gasteiger partial charge in [0, 0.05) is 11.3 Å². The second-order valence-electron chi connectivity index (χ2n) is 3.73. The van der Waals surface area contributed by atoms with Crippen molar-refractivity contribution in [1.29, 1.82) is 0 Å². The minimum atomic E-state index is -0.769. The number of hydrogen-bond donors (Lipinski definition) is 1. The number of carbonyl (C=O) groups is 2. The van der Waals surface area contributed by atoms with Gasteiger partial charge in [0.2, 0.25) is 0 Å². The molecule has 0 bridgehead atoms. The maximum atomic E-state index is 11.4. The summed E-state index contributed by atoms with van der Waals surface area (Å²) >= 11 is 1.85. The molecule has 4 nitrogen and oxygen atoms in total. The number of amides is 1. The van der Waals surface area contributed by atoms with Crippen LogP contribution in [0.15, 0.2) is 0 Å². The normalized spacial score (nSPS) is 24.1. The van der Waals surface area contributed by atoms with E-state index < -0.39 is 11.9 Å². The molecule has 1 saturated carbocycles. The molecular formula is C11H19NO3S. The molecule has 0 aliphatic heterocycles. The molecule has 2 atom stereocenters. The third-order valence-electron chi connectivity index (χ3n) is 2.61. The molecule has 1 fully saturated rings. The highest BCUT2D eigenvalue weighted by atomic mass is 32.2. The first-order valence-electron chi connectivity index (χ1n) is 5.78. The molecular weight excluding hydrogens is 226 g/mol. The van der Waals surface area contributed by atoms with Crippen LogP contribution in [0.25, 0.3) is 0 Å². The van der Waals surface area contributed by atoms with Crippen molar-refractivity contribution in [2.24, 2.45) is 0 Å². The number of esters is 1. The molecule has 0 radical (unpaired) electrons. The Hall–Kier alpha value is -0.710. The molecule has 0 saturated heterocycles. The maximum absolute atomic E-state index is 11.4. The number of hydrogen-bond acceptors (Lipinski definition) is 4. The van der Waals surface area contributed by atoms with Crippen LogP contribution in [0.2, 0.25) is 0 Å². The quantitative estimate of drug-likeness (QED) is 0.600. The van der Waals surface area contributed by atoms with Gasteiger partial charge in [0.05, 0.1) is 6.61 Å². The van der Waals surface area contributed by atoms with E-state index in [0.29, 0.717) is 5.25 Å². The fourth-order valence-electron chi connectivity index (χ4n) is 1.93. The number of carbonyl (C=O) groups excluding carboxylic acids is 2. The predicted octanol–water partition coefficient (Wildman–Crippen LogP) is 1.34. The van der Waals surface area contributed by atoms with E-state index in [2.05, 4.69) is 17.0 Å². The largest absolute Gasteiger partial charge is 0.459 e. The van der Waals surface area contributed by atoms with E-state index in [1.165, 1.54) is 0 Å². The molecule has 0 aromatic rings. The Bertz CT molecular complexity index is 258. The molecule has 1 aliphatic rings. The summed E-state index contributed by atoms with van der Waals surface area (Å²) in [5.41, 5.74) is 0. The lowest BCUT2D eigenvalue weighted by atomic mass is 10.2. The fourth-order valence-corrected chi connectivity index (χ4v) is 3.13. The molecule has 5 heteroatoms. The van der Waals surface area contributed by atoms with E-state index in [9.17, 15) is 9.59 Å². The molecule has 16 heavy (non-hydrogen) atoms. The second kappa shape index (κ2) is 6.78. The summed E-state index contributed by atoms with van der Waals surface area (Å²) in [6, 6.07) is 0.127. The highest BCUT2D eigenvalue weighted by Gasteiger charge is 2.30. The van der Waals surface area contributed by atoms with Crippen molar-refractivity contribution in [3.05, 3.63) is 0 Å². The summed E-state index contributed by atoms with van der Waals surface area (Å²) in [6.07, 6.45) is 3.19. The van der Waals surface area contributed by atoms with Crippen LogP contribution < -0.4 is 5.32 Å². The summed E-state index contributed by atoms with van der Waals surface area (Å²) in [7, 11) is 0. The van der Waals surface area contributed by atoms with E-state index >= 15 is 0 Å².